The molecule has 66 valence electrons. The first kappa shape index (κ1) is 8.95. The van der Waals surface area contributed by atoms with Gasteiger partial charge < -0.3 is 16.2 Å². The minimum absolute atomic E-state index is 0.100. The molecule has 1 heterocycles. The molecule has 0 aliphatic rings. The number of carbonyl (C=O) groups excluding carboxylic acids is 1. The number of aliphatic hydroxyl groups excluding tert-OH is 1. The molecule has 1 aromatic rings. The normalized spacial score (nSPS) is 12.4. The Hall–Kier alpha value is -1.14. The Kier molecular flexibility index (Phi) is 3.01. The molecule has 0 saturated heterocycles. The van der Waals surface area contributed by atoms with Crippen molar-refractivity contribution in [2.75, 3.05) is 11.9 Å². The highest BCUT2D eigenvalue weighted by atomic mass is 32.1. The van der Waals surface area contributed by atoms with Gasteiger partial charge in [-0.1, -0.05) is 0 Å². The highest BCUT2D eigenvalue weighted by Gasteiger charge is 2.09. The highest BCUT2D eigenvalue weighted by Crippen LogP contribution is 2.09. The van der Waals surface area contributed by atoms with Crippen molar-refractivity contribution in [2.45, 2.75) is 6.10 Å². The van der Waals surface area contributed by atoms with E-state index in [0.29, 0.717) is 5.13 Å². The number of aromatic nitrogens is 1. The Morgan fingerprint density at radius 1 is 1.92 bits per heavy atom. The SMILES string of the molecule is NC(=O)C(O)CNc1nccs1. The summed E-state index contributed by atoms with van der Waals surface area (Å²) in [6, 6.07) is 0. The maximum atomic E-state index is 10.4. The third-order valence-electron chi connectivity index (χ3n) is 1.21. The first-order chi connectivity index (χ1) is 5.70. The molecule has 1 unspecified atom stereocenters. The maximum absolute atomic E-state index is 10.4. The molecule has 0 spiro atoms. The minimum atomic E-state index is -1.16. The van der Waals surface area contributed by atoms with Crippen LogP contribution >= 0.6 is 11.3 Å². The van der Waals surface area contributed by atoms with Crippen LogP contribution in [0.3, 0.4) is 0 Å². The van der Waals surface area contributed by atoms with Gasteiger partial charge in [-0.3, -0.25) is 4.79 Å². The molecule has 0 aromatic carbocycles. The lowest BCUT2D eigenvalue weighted by Crippen LogP contribution is -2.34. The number of thiazole rings is 1. The summed E-state index contributed by atoms with van der Waals surface area (Å²) in [5.41, 5.74) is 4.83. The van der Waals surface area contributed by atoms with E-state index >= 15 is 0 Å². The predicted octanol–water partition coefficient (Wildman–Crippen LogP) is -0.599. The zero-order valence-electron chi connectivity index (χ0n) is 6.23. The molecule has 5 nitrogen and oxygen atoms in total. The molecule has 1 rings (SSSR count). The Morgan fingerprint density at radius 3 is 3.17 bits per heavy atom. The summed E-state index contributed by atoms with van der Waals surface area (Å²) in [7, 11) is 0. The average Bonchev–Trinajstić information content (AvgIpc) is 2.51. The number of amides is 1. The Labute approximate surface area is 73.2 Å². The lowest BCUT2D eigenvalue weighted by molar-refractivity contribution is -0.125. The lowest BCUT2D eigenvalue weighted by Gasteiger charge is -2.05. The summed E-state index contributed by atoms with van der Waals surface area (Å²) in [5.74, 6) is -0.737. The summed E-state index contributed by atoms with van der Waals surface area (Å²) in [6.07, 6.45) is 0.470. The topological polar surface area (TPSA) is 88.2 Å². The van der Waals surface area contributed by atoms with Crippen LogP contribution in [-0.2, 0) is 4.79 Å². The van der Waals surface area contributed by atoms with Gasteiger partial charge in [0, 0.05) is 11.6 Å². The number of aliphatic hydroxyl groups is 1. The smallest absolute Gasteiger partial charge is 0.248 e. The number of primary amides is 1. The fraction of sp³-hybridized carbons (Fsp3) is 0.333. The molecule has 0 aliphatic heterocycles. The molecule has 4 N–H and O–H groups in total. The summed E-state index contributed by atoms with van der Waals surface area (Å²) in [6.45, 7) is 0.100. The number of nitrogens with two attached hydrogens (primary N) is 1. The fourth-order valence-corrected chi connectivity index (χ4v) is 1.13. The van der Waals surface area contributed by atoms with E-state index in [1.165, 1.54) is 11.3 Å². The third kappa shape index (κ3) is 2.48. The second-order valence-electron chi connectivity index (χ2n) is 2.14. The zero-order valence-corrected chi connectivity index (χ0v) is 7.04. The van der Waals surface area contributed by atoms with E-state index in [0.717, 1.165) is 0 Å². The second-order valence-corrected chi connectivity index (χ2v) is 3.03. The van der Waals surface area contributed by atoms with E-state index in [1.807, 2.05) is 0 Å². The average molecular weight is 187 g/mol. The number of carbonyl (C=O) groups is 1. The largest absolute Gasteiger partial charge is 0.381 e. The van der Waals surface area contributed by atoms with Gasteiger partial charge in [0.2, 0.25) is 5.91 Å². The van der Waals surface area contributed by atoms with E-state index in [9.17, 15) is 4.79 Å². The van der Waals surface area contributed by atoms with Crippen molar-refractivity contribution in [3.8, 4) is 0 Å². The van der Waals surface area contributed by atoms with Gasteiger partial charge in [-0.2, -0.15) is 0 Å². The summed E-state index contributed by atoms with van der Waals surface area (Å²) in [5, 5.41) is 14.2. The first-order valence-corrected chi connectivity index (χ1v) is 4.19. The maximum Gasteiger partial charge on any atom is 0.248 e. The molecule has 1 amide bonds. The van der Waals surface area contributed by atoms with E-state index < -0.39 is 12.0 Å². The molecule has 0 bridgehead atoms. The molecule has 0 aliphatic carbocycles. The number of rotatable bonds is 4. The van der Waals surface area contributed by atoms with Crippen molar-refractivity contribution in [1.29, 1.82) is 0 Å². The van der Waals surface area contributed by atoms with Gasteiger partial charge in [-0.15, -0.1) is 11.3 Å². The minimum Gasteiger partial charge on any atom is -0.381 e. The molecule has 12 heavy (non-hydrogen) atoms. The van der Waals surface area contributed by atoms with E-state index in [1.54, 1.807) is 11.6 Å². The van der Waals surface area contributed by atoms with Crippen molar-refractivity contribution in [2.24, 2.45) is 5.73 Å². The molecule has 1 aromatic heterocycles. The van der Waals surface area contributed by atoms with Gasteiger partial charge in [0.25, 0.3) is 0 Å². The van der Waals surface area contributed by atoms with Crippen LogP contribution in [0.4, 0.5) is 5.13 Å². The molecule has 0 radical (unpaired) electrons. The second kappa shape index (κ2) is 4.03. The fourth-order valence-electron chi connectivity index (χ4n) is 0.595. The van der Waals surface area contributed by atoms with Crippen LogP contribution < -0.4 is 11.1 Å². The van der Waals surface area contributed by atoms with Crippen LogP contribution in [0.2, 0.25) is 0 Å². The number of anilines is 1. The lowest BCUT2D eigenvalue weighted by atomic mass is 10.3. The molecule has 6 heteroatoms. The van der Waals surface area contributed by atoms with Gasteiger partial charge in [0.05, 0.1) is 6.54 Å². The van der Waals surface area contributed by atoms with E-state index in [-0.39, 0.29) is 6.54 Å². The van der Waals surface area contributed by atoms with Crippen molar-refractivity contribution < 1.29 is 9.90 Å². The Balaban J connectivity index is 2.31. The summed E-state index contributed by atoms with van der Waals surface area (Å²) >= 11 is 1.39. The molecule has 1 atom stereocenters. The van der Waals surface area contributed by atoms with Crippen molar-refractivity contribution in [3.05, 3.63) is 11.6 Å². The van der Waals surface area contributed by atoms with Gasteiger partial charge in [-0.25, -0.2) is 4.98 Å². The first-order valence-electron chi connectivity index (χ1n) is 3.31. The van der Waals surface area contributed by atoms with Crippen LogP contribution in [0, 0.1) is 0 Å². The number of hydrogen-bond donors (Lipinski definition) is 3. The molecule has 0 saturated carbocycles. The van der Waals surface area contributed by atoms with Crippen LogP contribution in [0.5, 0.6) is 0 Å². The standard InChI is InChI=1S/C6H9N3O2S/c7-5(11)4(10)3-9-6-8-1-2-12-6/h1-2,4,10H,3H2,(H2,7,11)(H,8,9). The highest BCUT2D eigenvalue weighted by molar-refractivity contribution is 7.13. The van der Waals surface area contributed by atoms with Gasteiger partial charge in [0.15, 0.2) is 5.13 Å². The molecular formula is C6H9N3O2S. The monoisotopic (exact) mass is 187 g/mol. The van der Waals surface area contributed by atoms with Crippen molar-refractivity contribution >= 4 is 22.4 Å². The van der Waals surface area contributed by atoms with Crippen LogP contribution in [0.1, 0.15) is 0 Å². The van der Waals surface area contributed by atoms with Gasteiger partial charge in [0.1, 0.15) is 6.10 Å². The van der Waals surface area contributed by atoms with E-state index in [4.69, 9.17) is 10.8 Å². The van der Waals surface area contributed by atoms with Gasteiger partial charge >= 0.3 is 0 Å². The van der Waals surface area contributed by atoms with Crippen molar-refractivity contribution in [3.63, 3.8) is 0 Å². The number of nitrogens with zero attached hydrogens (tertiary/aromatic N) is 1. The summed E-state index contributed by atoms with van der Waals surface area (Å²) < 4.78 is 0. The molecular weight excluding hydrogens is 178 g/mol. The zero-order chi connectivity index (χ0) is 8.97. The van der Waals surface area contributed by atoms with Crippen LogP contribution in [-0.4, -0.2) is 28.6 Å². The third-order valence-corrected chi connectivity index (χ3v) is 1.94. The molecule has 0 fully saturated rings. The predicted molar refractivity (Wildman–Crippen MR) is 45.8 cm³/mol. The van der Waals surface area contributed by atoms with E-state index in [2.05, 4.69) is 10.3 Å². The number of nitrogens with one attached hydrogen (secondary N) is 1. The number of hydrogen-bond acceptors (Lipinski definition) is 5. The van der Waals surface area contributed by atoms with Crippen LogP contribution in [0.25, 0.3) is 0 Å². The van der Waals surface area contributed by atoms with Gasteiger partial charge in [-0.05, 0) is 0 Å². The quantitative estimate of drug-likeness (QED) is 0.587. The van der Waals surface area contributed by atoms with Crippen molar-refractivity contribution in [1.82, 2.24) is 4.98 Å². The Bertz CT molecular complexity index is 249. The summed E-state index contributed by atoms with van der Waals surface area (Å²) in [4.78, 5) is 14.3. The van der Waals surface area contributed by atoms with Crippen LogP contribution in [0.15, 0.2) is 11.6 Å². The Morgan fingerprint density at radius 2 is 2.67 bits per heavy atom.